The number of benzene rings is 3. The van der Waals surface area contributed by atoms with Crippen molar-refractivity contribution < 1.29 is 19.0 Å². The van der Waals surface area contributed by atoms with Gasteiger partial charge in [0.2, 0.25) is 0 Å². The van der Waals surface area contributed by atoms with Crippen LogP contribution in [-0.4, -0.2) is 26.3 Å². The third-order valence-corrected chi connectivity index (χ3v) is 5.21. The molecule has 152 valence electrons. The molecule has 0 aromatic heterocycles. The molecule has 0 radical (unpaired) electrons. The maximum absolute atomic E-state index is 11.4. The highest BCUT2D eigenvalue weighted by molar-refractivity contribution is 14.1. The highest BCUT2D eigenvalue weighted by Crippen LogP contribution is 2.36. The van der Waals surface area contributed by atoms with E-state index in [0.29, 0.717) is 23.7 Å². The second-order valence-corrected chi connectivity index (χ2v) is 7.49. The molecule has 6 heteroatoms. The largest absolute Gasteiger partial charge is 0.490 e. The molecular formula is C24H20INO4. The third-order valence-electron chi connectivity index (χ3n) is 4.40. The lowest BCUT2D eigenvalue weighted by Gasteiger charge is -2.14. The fraction of sp³-hybridized carbons (Fsp3) is 0.167. The van der Waals surface area contributed by atoms with Crippen LogP contribution in [0.15, 0.2) is 54.6 Å². The van der Waals surface area contributed by atoms with Gasteiger partial charge in [-0.1, -0.05) is 42.5 Å². The molecule has 0 bridgehead atoms. The number of hydrogen-bond acceptors (Lipinski definition) is 5. The zero-order chi connectivity index (χ0) is 21.5. The molecule has 0 saturated heterocycles. The van der Waals surface area contributed by atoms with Crippen LogP contribution >= 0.6 is 22.6 Å². The van der Waals surface area contributed by atoms with Crippen LogP contribution in [0.1, 0.15) is 18.1 Å². The lowest BCUT2D eigenvalue weighted by Crippen LogP contribution is -2.14. The minimum atomic E-state index is -0.472. The number of hydrogen-bond donors (Lipinski definition) is 0. The summed E-state index contributed by atoms with van der Waals surface area (Å²) in [7, 11) is 1.31. The number of esters is 1. The van der Waals surface area contributed by atoms with E-state index in [9.17, 15) is 10.1 Å². The predicted octanol–water partition coefficient (Wildman–Crippen LogP) is 5.46. The van der Waals surface area contributed by atoms with Crippen LogP contribution in [0.25, 0.3) is 22.4 Å². The number of rotatable bonds is 7. The van der Waals surface area contributed by atoms with E-state index in [0.717, 1.165) is 25.5 Å². The van der Waals surface area contributed by atoms with E-state index in [2.05, 4.69) is 33.4 Å². The molecule has 30 heavy (non-hydrogen) atoms. The Kier molecular flexibility index (Phi) is 7.31. The number of fused-ring (bicyclic) bond motifs is 1. The first-order chi connectivity index (χ1) is 14.6. The van der Waals surface area contributed by atoms with Gasteiger partial charge in [-0.15, -0.1) is 0 Å². The van der Waals surface area contributed by atoms with Gasteiger partial charge in [0.05, 0.1) is 28.9 Å². The fourth-order valence-corrected chi connectivity index (χ4v) is 3.84. The SMILES string of the molecule is CCOc1cc(/C=C(/C#N)c2cccc3ccccc23)cc(I)c1OCC(=O)OC. The number of nitrogens with zero attached hydrogens (tertiary/aromatic N) is 1. The maximum Gasteiger partial charge on any atom is 0.343 e. The number of halogens is 1. The van der Waals surface area contributed by atoms with E-state index in [1.54, 1.807) is 6.07 Å². The number of carbonyl (C=O) groups is 1. The molecule has 0 amide bonds. The molecule has 5 nitrogen and oxygen atoms in total. The van der Waals surface area contributed by atoms with Crippen molar-refractivity contribution in [3.05, 3.63) is 69.3 Å². The van der Waals surface area contributed by atoms with Crippen LogP contribution in [0.4, 0.5) is 0 Å². The molecule has 0 saturated carbocycles. The second kappa shape index (κ2) is 10.1. The molecule has 0 atom stereocenters. The number of allylic oxidation sites excluding steroid dienone is 1. The van der Waals surface area contributed by atoms with Gasteiger partial charge >= 0.3 is 5.97 Å². The second-order valence-electron chi connectivity index (χ2n) is 6.32. The van der Waals surface area contributed by atoms with Crippen LogP contribution in [0.5, 0.6) is 11.5 Å². The van der Waals surface area contributed by atoms with Gasteiger partial charge in [-0.3, -0.25) is 0 Å². The van der Waals surface area contributed by atoms with Gasteiger partial charge in [0.1, 0.15) is 0 Å². The normalized spacial score (nSPS) is 11.1. The topological polar surface area (TPSA) is 68.5 Å². The summed E-state index contributed by atoms with van der Waals surface area (Å²) in [4.78, 5) is 11.4. The summed E-state index contributed by atoms with van der Waals surface area (Å²) in [6.45, 7) is 2.10. The minimum Gasteiger partial charge on any atom is -0.490 e. The summed E-state index contributed by atoms with van der Waals surface area (Å²) in [6, 6.07) is 19.9. The molecule has 0 aliphatic rings. The minimum absolute atomic E-state index is 0.207. The summed E-state index contributed by atoms with van der Waals surface area (Å²) in [6.07, 6.45) is 1.83. The van der Waals surface area contributed by atoms with Gasteiger partial charge in [0, 0.05) is 5.56 Å². The first-order valence-electron chi connectivity index (χ1n) is 9.33. The van der Waals surface area contributed by atoms with Crippen molar-refractivity contribution in [3.63, 3.8) is 0 Å². The average Bonchev–Trinajstić information content (AvgIpc) is 2.76. The van der Waals surface area contributed by atoms with Crippen LogP contribution < -0.4 is 9.47 Å². The Labute approximate surface area is 189 Å². The standard InChI is InChI=1S/C24H20INO4/c1-3-29-22-13-16(12-21(25)24(22)30-15-23(27)28-2)11-18(14-26)20-10-6-8-17-7-4-5-9-19(17)20/h4-13H,3,15H2,1-2H3/b18-11-. The van der Waals surface area contributed by atoms with E-state index in [-0.39, 0.29) is 6.61 Å². The number of ether oxygens (including phenoxy) is 3. The van der Waals surface area contributed by atoms with E-state index >= 15 is 0 Å². The number of nitriles is 1. The first-order valence-corrected chi connectivity index (χ1v) is 10.4. The maximum atomic E-state index is 11.4. The smallest absolute Gasteiger partial charge is 0.343 e. The predicted molar refractivity (Wildman–Crippen MR) is 125 cm³/mol. The van der Waals surface area contributed by atoms with Crippen molar-refractivity contribution in [3.8, 4) is 17.6 Å². The molecule has 0 heterocycles. The summed E-state index contributed by atoms with van der Waals surface area (Å²) < 4.78 is 16.7. The fourth-order valence-electron chi connectivity index (χ4n) is 3.06. The van der Waals surface area contributed by atoms with E-state index in [4.69, 9.17) is 9.47 Å². The Morgan fingerprint density at radius 2 is 1.90 bits per heavy atom. The van der Waals surface area contributed by atoms with Crippen LogP contribution in [0.3, 0.4) is 0 Å². The van der Waals surface area contributed by atoms with Gasteiger partial charge in [0.25, 0.3) is 0 Å². The van der Waals surface area contributed by atoms with Crippen molar-refractivity contribution in [1.82, 2.24) is 0 Å². The van der Waals surface area contributed by atoms with Crippen molar-refractivity contribution in [2.75, 3.05) is 20.3 Å². The van der Waals surface area contributed by atoms with Crippen molar-refractivity contribution in [1.29, 1.82) is 5.26 Å². The Balaban J connectivity index is 2.04. The molecular weight excluding hydrogens is 493 g/mol. The number of carbonyl (C=O) groups excluding carboxylic acids is 1. The Morgan fingerprint density at radius 1 is 1.13 bits per heavy atom. The summed E-state index contributed by atoms with van der Waals surface area (Å²) in [5.74, 6) is 0.512. The number of methoxy groups -OCH3 is 1. The van der Waals surface area contributed by atoms with Gasteiger partial charge in [0.15, 0.2) is 18.1 Å². The summed E-state index contributed by atoms with van der Waals surface area (Å²) in [5, 5.41) is 11.9. The molecule has 3 rings (SSSR count). The van der Waals surface area contributed by atoms with Gasteiger partial charge in [-0.05, 0) is 64.1 Å². The summed E-state index contributed by atoms with van der Waals surface area (Å²) >= 11 is 2.13. The van der Waals surface area contributed by atoms with Crippen LogP contribution in [0, 0.1) is 14.9 Å². The Morgan fingerprint density at radius 3 is 2.63 bits per heavy atom. The quantitative estimate of drug-likeness (QED) is 0.182. The van der Waals surface area contributed by atoms with Gasteiger partial charge in [-0.2, -0.15) is 5.26 Å². The average molecular weight is 513 g/mol. The van der Waals surface area contributed by atoms with E-state index in [1.807, 2.05) is 61.5 Å². The molecule has 0 unspecified atom stereocenters. The third kappa shape index (κ3) is 4.92. The Bertz CT molecular complexity index is 1140. The highest BCUT2D eigenvalue weighted by atomic mass is 127. The molecule has 0 fully saturated rings. The molecule has 0 aliphatic heterocycles. The molecule has 0 N–H and O–H groups in total. The zero-order valence-corrected chi connectivity index (χ0v) is 18.8. The lowest BCUT2D eigenvalue weighted by molar-refractivity contribution is -0.142. The molecule has 3 aromatic carbocycles. The van der Waals surface area contributed by atoms with Crippen LogP contribution in [-0.2, 0) is 9.53 Å². The highest BCUT2D eigenvalue weighted by Gasteiger charge is 2.15. The molecule has 0 aliphatic carbocycles. The first kappa shape index (κ1) is 21.7. The van der Waals surface area contributed by atoms with Crippen molar-refractivity contribution >= 4 is 51.0 Å². The summed E-state index contributed by atoms with van der Waals surface area (Å²) in [5.41, 5.74) is 2.22. The zero-order valence-electron chi connectivity index (χ0n) is 16.6. The van der Waals surface area contributed by atoms with Gasteiger partial charge in [-0.25, -0.2) is 4.79 Å². The van der Waals surface area contributed by atoms with E-state index in [1.165, 1.54) is 7.11 Å². The monoisotopic (exact) mass is 513 g/mol. The van der Waals surface area contributed by atoms with Gasteiger partial charge < -0.3 is 14.2 Å². The lowest BCUT2D eigenvalue weighted by atomic mass is 9.97. The van der Waals surface area contributed by atoms with E-state index < -0.39 is 5.97 Å². The van der Waals surface area contributed by atoms with Crippen LogP contribution in [0.2, 0.25) is 0 Å². The molecule has 3 aromatic rings. The molecule has 0 spiro atoms. The Hall–Kier alpha value is -3.05. The van der Waals surface area contributed by atoms with Crippen molar-refractivity contribution in [2.24, 2.45) is 0 Å². The van der Waals surface area contributed by atoms with Crippen molar-refractivity contribution in [2.45, 2.75) is 6.92 Å².